The van der Waals surface area contributed by atoms with Gasteiger partial charge in [0.2, 0.25) is 5.91 Å². The molecule has 2 aromatic carbocycles. The Morgan fingerprint density at radius 2 is 1.72 bits per heavy atom. The highest BCUT2D eigenvalue weighted by atomic mass is 19.1. The molecule has 4 rings (SSSR count). The van der Waals surface area contributed by atoms with Crippen LogP contribution in [-0.2, 0) is 17.8 Å². The van der Waals surface area contributed by atoms with Crippen molar-refractivity contribution in [2.24, 2.45) is 5.92 Å². The number of benzene rings is 2. The Balaban J connectivity index is 1.19. The topological polar surface area (TPSA) is 82.9 Å². The van der Waals surface area contributed by atoms with Gasteiger partial charge in [-0.1, -0.05) is 31.5 Å². The number of nitrogens with one attached hydrogen (secondary N) is 1. The van der Waals surface area contributed by atoms with Crippen LogP contribution in [0, 0.1) is 18.7 Å². The van der Waals surface area contributed by atoms with Gasteiger partial charge in [-0.25, -0.2) is 9.07 Å². The van der Waals surface area contributed by atoms with E-state index < -0.39 is 6.10 Å². The van der Waals surface area contributed by atoms with Crippen LogP contribution < -0.4 is 10.1 Å². The molecule has 0 bridgehead atoms. The van der Waals surface area contributed by atoms with Crippen molar-refractivity contribution in [3.63, 3.8) is 0 Å². The lowest BCUT2D eigenvalue weighted by Crippen LogP contribution is -2.51. The molecule has 0 saturated carbocycles. The summed E-state index contributed by atoms with van der Waals surface area (Å²) in [6.07, 6.45) is 0.261. The number of β-amino-alcohol motifs (C(OH)–C–C–N with tert-alkyl or cyclic N) is 1. The molecule has 1 aliphatic rings. The maximum absolute atomic E-state index is 13.0. The summed E-state index contributed by atoms with van der Waals surface area (Å²) in [5, 5.41) is 18.2. The van der Waals surface area contributed by atoms with Crippen LogP contribution in [0.15, 0.2) is 54.6 Å². The van der Waals surface area contributed by atoms with Crippen LogP contribution in [0.4, 0.5) is 4.39 Å². The first-order valence-corrected chi connectivity index (χ1v) is 13.7. The van der Waals surface area contributed by atoms with Gasteiger partial charge in [0.25, 0.3) is 0 Å². The van der Waals surface area contributed by atoms with Gasteiger partial charge in [0.1, 0.15) is 24.3 Å². The molecule has 9 heteroatoms. The quantitative estimate of drug-likeness (QED) is 0.369. The molecule has 2 N–H and O–H groups in total. The van der Waals surface area contributed by atoms with Crippen LogP contribution in [0.1, 0.15) is 30.8 Å². The third-order valence-corrected chi connectivity index (χ3v) is 6.75. The van der Waals surface area contributed by atoms with Crippen LogP contribution in [0.5, 0.6) is 5.75 Å². The molecule has 210 valence electrons. The molecule has 1 amide bonds. The molecule has 3 aromatic rings. The maximum Gasteiger partial charge on any atom is 0.234 e. The molecule has 0 spiro atoms. The average molecular weight is 538 g/mol. The summed E-state index contributed by atoms with van der Waals surface area (Å²) >= 11 is 0. The van der Waals surface area contributed by atoms with Crippen molar-refractivity contribution >= 4 is 5.91 Å². The Hall–Kier alpha value is -3.27. The number of halogens is 1. The van der Waals surface area contributed by atoms with Crippen LogP contribution in [-0.4, -0.2) is 82.6 Å². The van der Waals surface area contributed by atoms with E-state index in [4.69, 9.17) is 9.84 Å². The number of nitrogens with zero attached hydrogens (tertiary/aromatic N) is 4. The zero-order chi connectivity index (χ0) is 27.8. The predicted molar refractivity (Wildman–Crippen MR) is 149 cm³/mol. The minimum Gasteiger partial charge on any atom is -0.491 e. The van der Waals surface area contributed by atoms with Crippen molar-refractivity contribution in [1.29, 1.82) is 0 Å². The lowest BCUT2D eigenvalue weighted by Gasteiger charge is -2.35. The van der Waals surface area contributed by atoms with Gasteiger partial charge in [0, 0.05) is 38.4 Å². The van der Waals surface area contributed by atoms with Gasteiger partial charge in [-0.2, -0.15) is 5.10 Å². The second-order valence-electron chi connectivity index (χ2n) is 10.7. The van der Waals surface area contributed by atoms with Gasteiger partial charge in [-0.05, 0) is 61.7 Å². The third kappa shape index (κ3) is 8.88. The summed E-state index contributed by atoms with van der Waals surface area (Å²) in [7, 11) is 0. The molecule has 1 unspecified atom stereocenters. The van der Waals surface area contributed by atoms with Gasteiger partial charge < -0.3 is 15.2 Å². The maximum atomic E-state index is 13.0. The first-order chi connectivity index (χ1) is 18.7. The number of aromatic nitrogens is 2. The minimum absolute atomic E-state index is 0.0218. The van der Waals surface area contributed by atoms with Crippen molar-refractivity contribution < 1.29 is 19.0 Å². The summed E-state index contributed by atoms with van der Waals surface area (Å²) in [5.41, 5.74) is 4.22. The van der Waals surface area contributed by atoms with E-state index in [0.717, 1.165) is 49.7 Å². The Morgan fingerprint density at radius 3 is 2.38 bits per heavy atom. The Bertz CT molecular complexity index is 1190. The van der Waals surface area contributed by atoms with Gasteiger partial charge in [-0.15, -0.1) is 0 Å². The molecule has 0 aliphatic carbocycles. The molecular weight excluding hydrogens is 497 g/mol. The highest BCUT2D eigenvalue weighted by Gasteiger charge is 2.21. The number of carbonyl (C=O) groups excluding carboxylic acids is 1. The van der Waals surface area contributed by atoms with Gasteiger partial charge in [0.15, 0.2) is 0 Å². The minimum atomic E-state index is -0.648. The second-order valence-corrected chi connectivity index (χ2v) is 10.7. The number of aliphatic hydroxyl groups excluding tert-OH is 1. The van der Waals surface area contributed by atoms with Gasteiger partial charge in [0.05, 0.1) is 24.5 Å². The zero-order valence-electron chi connectivity index (χ0n) is 23.1. The lowest BCUT2D eigenvalue weighted by atomic mass is 10.1. The molecule has 1 saturated heterocycles. The van der Waals surface area contributed by atoms with Crippen molar-refractivity contribution in [2.45, 2.75) is 39.8 Å². The lowest BCUT2D eigenvalue weighted by molar-refractivity contribution is -0.122. The Labute approximate surface area is 230 Å². The van der Waals surface area contributed by atoms with Crippen molar-refractivity contribution in [3.8, 4) is 11.4 Å². The van der Waals surface area contributed by atoms with E-state index in [9.17, 15) is 14.3 Å². The second kappa shape index (κ2) is 13.7. The van der Waals surface area contributed by atoms with Crippen molar-refractivity contribution in [1.82, 2.24) is 24.9 Å². The first-order valence-electron chi connectivity index (χ1n) is 13.7. The standard InChI is InChI=1S/C30H40FN5O3/c1-22(2)16-27-17-25(33-36(27)26-8-4-23(3)5-9-26)18-32-30(38)20-35-14-12-34(13-15-35)19-28(37)21-39-29-10-6-24(31)7-11-29/h4-11,17,22,28,37H,12-16,18-21H2,1-3H3,(H,32,38). The van der Waals surface area contributed by atoms with E-state index >= 15 is 0 Å². The molecule has 0 radical (unpaired) electrons. The number of aliphatic hydroxyl groups is 1. The third-order valence-electron chi connectivity index (χ3n) is 6.75. The fourth-order valence-electron chi connectivity index (χ4n) is 4.69. The fourth-order valence-corrected chi connectivity index (χ4v) is 4.69. The molecule has 1 fully saturated rings. The number of carbonyl (C=O) groups is 1. The molecule has 1 aromatic heterocycles. The van der Waals surface area contributed by atoms with E-state index in [1.54, 1.807) is 12.1 Å². The number of hydrogen-bond donors (Lipinski definition) is 2. The molecule has 2 heterocycles. The Morgan fingerprint density at radius 1 is 1.05 bits per heavy atom. The smallest absolute Gasteiger partial charge is 0.234 e. The van der Waals surface area contributed by atoms with E-state index in [0.29, 0.717) is 31.3 Å². The summed E-state index contributed by atoms with van der Waals surface area (Å²) in [6.45, 7) is 10.8. The summed E-state index contributed by atoms with van der Waals surface area (Å²) < 4.78 is 20.5. The number of amides is 1. The van der Waals surface area contributed by atoms with E-state index in [1.807, 2.05) is 4.68 Å². The number of piperazine rings is 1. The van der Waals surface area contributed by atoms with Crippen LogP contribution in [0.3, 0.4) is 0 Å². The monoisotopic (exact) mass is 537 g/mol. The number of rotatable bonds is 12. The van der Waals surface area contributed by atoms with E-state index in [2.05, 4.69) is 66.2 Å². The van der Waals surface area contributed by atoms with Gasteiger partial charge >= 0.3 is 0 Å². The highest BCUT2D eigenvalue weighted by Crippen LogP contribution is 2.17. The van der Waals surface area contributed by atoms with Crippen LogP contribution in [0.25, 0.3) is 5.69 Å². The van der Waals surface area contributed by atoms with E-state index in [1.165, 1.54) is 17.7 Å². The SMILES string of the molecule is Cc1ccc(-n2nc(CNC(=O)CN3CCN(CC(O)COc4ccc(F)cc4)CC3)cc2CC(C)C)cc1. The van der Waals surface area contributed by atoms with Crippen LogP contribution in [0.2, 0.25) is 0 Å². The largest absolute Gasteiger partial charge is 0.491 e. The first kappa shape index (κ1) is 28.7. The predicted octanol–water partition coefficient (Wildman–Crippen LogP) is 3.19. The number of hydrogen-bond acceptors (Lipinski definition) is 6. The fraction of sp³-hybridized carbons (Fsp3) is 0.467. The molecule has 1 aliphatic heterocycles. The Kier molecular flexibility index (Phi) is 10.1. The zero-order valence-corrected chi connectivity index (χ0v) is 23.1. The van der Waals surface area contributed by atoms with Crippen molar-refractivity contribution in [2.75, 3.05) is 45.9 Å². The average Bonchev–Trinajstić information content (AvgIpc) is 3.30. The summed E-state index contributed by atoms with van der Waals surface area (Å²) in [6, 6.07) is 16.2. The number of aryl methyl sites for hydroxylation is 1. The van der Waals surface area contributed by atoms with Crippen molar-refractivity contribution in [3.05, 3.63) is 77.4 Å². The molecule has 8 nitrogen and oxygen atoms in total. The molecule has 1 atom stereocenters. The highest BCUT2D eigenvalue weighted by molar-refractivity contribution is 5.78. The normalized spacial score (nSPS) is 15.4. The molecule has 39 heavy (non-hydrogen) atoms. The number of ether oxygens (including phenoxy) is 1. The van der Waals surface area contributed by atoms with E-state index in [-0.39, 0.29) is 18.3 Å². The summed E-state index contributed by atoms with van der Waals surface area (Å²) in [4.78, 5) is 17.0. The molecular formula is C30H40FN5O3. The summed E-state index contributed by atoms with van der Waals surface area (Å²) in [5.74, 6) is 0.686. The van der Waals surface area contributed by atoms with Crippen LogP contribution >= 0.6 is 0 Å². The van der Waals surface area contributed by atoms with Gasteiger partial charge in [-0.3, -0.25) is 14.6 Å².